The number of ether oxygens (including phenoxy) is 1. The smallest absolute Gasteiger partial charge is 0.287 e. The molecule has 1 fully saturated rings. The Bertz CT molecular complexity index is 520. The van der Waals surface area contributed by atoms with Gasteiger partial charge in [0.05, 0.1) is 17.5 Å². The molecule has 2 rings (SSSR count). The Kier molecular flexibility index (Phi) is 4.97. The SMILES string of the molecule is Cc1ccoc1C(=O)NCCCN[C@@H]1CC(C)(C)OC1(C)C. The van der Waals surface area contributed by atoms with Crippen LogP contribution in [0.15, 0.2) is 16.7 Å². The van der Waals surface area contributed by atoms with E-state index in [0.717, 1.165) is 24.9 Å². The largest absolute Gasteiger partial charge is 0.459 e. The van der Waals surface area contributed by atoms with Gasteiger partial charge in [0.15, 0.2) is 5.76 Å². The summed E-state index contributed by atoms with van der Waals surface area (Å²) in [6.07, 6.45) is 3.41. The zero-order chi connectivity index (χ0) is 16.4. The van der Waals surface area contributed by atoms with Crippen molar-refractivity contribution in [3.63, 3.8) is 0 Å². The van der Waals surface area contributed by atoms with E-state index in [4.69, 9.17) is 9.15 Å². The van der Waals surface area contributed by atoms with Gasteiger partial charge >= 0.3 is 0 Å². The molecule has 1 aliphatic rings. The van der Waals surface area contributed by atoms with Crippen LogP contribution < -0.4 is 10.6 Å². The summed E-state index contributed by atoms with van der Waals surface area (Å²) in [5.74, 6) is 0.258. The third-order valence-corrected chi connectivity index (χ3v) is 4.17. The first-order chi connectivity index (χ1) is 10.2. The van der Waals surface area contributed by atoms with Crippen molar-refractivity contribution in [2.24, 2.45) is 0 Å². The van der Waals surface area contributed by atoms with Gasteiger partial charge in [0.1, 0.15) is 0 Å². The zero-order valence-electron chi connectivity index (χ0n) is 14.3. The minimum atomic E-state index is -0.155. The maximum absolute atomic E-state index is 11.9. The molecule has 0 aliphatic carbocycles. The number of carbonyl (C=O) groups excluding carboxylic acids is 1. The summed E-state index contributed by atoms with van der Waals surface area (Å²) in [6.45, 7) is 11.9. The van der Waals surface area contributed by atoms with Crippen molar-refractivity contribution in [3.8, 4) is 0 Å². The van der Waals surface area contributed by atoms with Crippen molar-refractivity contribution in [3.05, 3.63) is 23.7 Å². The lowest BCUT2D eigenvalue weighted by atomic mass is 9.94. The summed E-state index contributed by atoms with van der Waals surface area (Å²) in [4.78, 5) is 11.9. The molecule has 0 unspecified atom stereocenters. The standard InChI is InChI=1S/C17H28N2O3/c1-12-7-10-21-14(12)15(20)19-9-6-8-18-13-11-16(2,3)22-17(13,4)5/h7,10,13,18H,6,8-9,11H2,1-5H3,(H,19,20)/t13-/m1/s1. The molecule has 0 bridgehead atoms. The van der Waals surface area contributed by atoms with Gasteiger partial charge in [-0.3, -0.25) is 4.79 Å². The van der Waals surface area contributed by atoms with Crippen LogP contribution in [0.5, 0.6) is 0 Å². The summed E-state index contributed by atoms with van der Waals surface area (Å²) in [6, 6.07) is 2.13. The first-order valence-corrected chi connectivity index (χ1v) is 7.97. The van der Waals surface area contributed by atoms with E-state index >= 15 is 0 Å². The number of hydrogen-bond donors (Lipinski definition) is 2. The highest BCUT2D eigenvalue weighted by molar-refractivity contribution is 5.92. The van der Waals surface area contributed by atoms with Gasteiger partial charge in [0.2, 0.25) is 0 Å². The molecule has 1 aromatic rings. The van der Waals surface area contributed by atoms with E-state index in [0.29, 0.717) is 18.3 Å². The summed E-state index contributed by atoms with van der Waals surface area (Å²) < 4.78 is 11.2. The number of rotatable bonds is 6. The van der Waals surface area contributed by atoms with E-state index in [-0.39, 0.29) is 17.1 Å². The van der Waals surface area contributed by atoms with E-state index in [9.17, 15) is 4.79 Å². The summed E-state index contributed by atoms with van der Waals surface area (Å²) in [7, 11) is 0. The van der Waals surface area contributed by atoms with Crippen molar-refractivity contribution in [1.82, 2.24) is 10.6 Å². The highest BCUT2D eigenvalue weighted by Gasteiger charge is 2.45. The molecule has 0 radical (unpaired) electrons. The number of furan rings is 1. The van der Waals surface area contributed by atoms with Gasteiger partial charge in [-0.15, -0.1) is 0 Å². The maximum Gasteiger partial charge on any atom is 0.287 e. The number of amides is 1. The van der Waals surface area contributed by atoms with Crippen LogP contribution in [0.2, 0.25) is 0 Å². The van der Waals surface area contributed by atoms with E-state index < -0.39 is 0 Å². The highest BCUT2D eigenvalue weighted by Crippen LogP contribution is 2.37. The molecule has 1 amide bonds. The van der Waals surface area contributed by atoms with Gasteiger partial charge in [-0.1, -0.05) is 0 Å². The van der Waals surface area contributed by atoms with Crippen LogP contribution in [0, 0.1) is 6.92 Å². The molecule has 2 heterocycles. The Hall–Kier alpha value is -1.33. The van der Waals surface area contributed by atoms with Crippen molar-refractivity contribution in [2.45, 2.75) is 64.7 Å². The minimum Gasteiger partial charge on any atom is -0.459 e. The summed E-state index contributed by atoms with van der Waals surface area (Å²) >= 11 is 0. The molecule has 5 heteroatoms. The molecular formula is C17H28N2O3. The molecule has 0 spiro atoms. The average Bonchev–Trinajstić information content (AvgIpc) is 2.89. The number of carbonyl (C=O) groups is 1. The van der Waals surface area contributed by atoms with Crippen LogP contribution in [-0.2, 0) is 4.74 Å². The first kappa shape index (κ1) is 17.0. The lowest BCUT2D eigenvalue weighted by Gasteiger charge is -2.27. The molecule has 124 valence electrons. The Morgan fingerprint density at radius 3 is 2.59 bits per heavy atom. The molecule has 1 atom stereocenters. The third-order valence-electron chi connectivity index (χ3n) is 4.17. The van der Waals surface area contributed by atoms with Gasteiger partial charge in [-0.05, 0) is 60.1 Å². The monoisotopic (exact) mass is 308 g/mol. The predicted molar refractivity (Wildman–Crippen MR) is 86.0 cm³/mol. The highest BCUT2D eigenvalue weighted by atomic mass is 16.5. The molecule has 1 aromatic heterocycles. The van der Waals surface area contributed by atoms with Crippen LogP contribution in [-0.4, -0.2) is 36.2 Å². The quantitative estimate of drug-likeness (QED) is 0.793. The first-order valence-electron chi connectivity index (χ1n) is 7.97. The van der Waals surface area contributed by atoms with Crippen molar-refractivity contribution < 1.29 is 13.9 Å². The summed E-state index contributed by atoms with van der Waals surface area (Å²) in [5, 5.41) is 6.43. The fourth-order valence-electron chi connectivity index (χ4n) is 3.13. The Labute approximate surface area is 132 Å². The molecule has 2 N–H and O–H groups in total. The second-order valence-corrected chi connectivity index (χ2v) is 7.22. The lowest BCUT2D eigenvalue weighted by molar-refractivity contribution is -0.0697. The number of aryl methyl sites for hydroxylation is 1. The zero-order valence-corrected chi connectivity index (χ0v) is 14.3. The Balaban J connectivity index is 1.68. The summed E-state index contributed by atoms with van der Waals surface area (Å²) in [5.41, 5.74) is 0.632. The van der Waals surface area contributed by atoms with Crippen LogP contribution >= 0.6 is 0 Å². The van der Waals surface area contributed by atoms with E-state index in [1.54, 1.807) is 6.07 Å². The van der Waals surface area contributed by atoms with Gasteiger partial charge in [0, 0.05) is 18.2 Å². The topological polar surface area (TPSA) is 63.5 Å². The van der Waals surface area contributed by atoms with E-state index in [1.807, 2.05) is 6.92 Å². The van der Waals surface area contributed by atoms with Crippen molar-refractivity contribution in [2.75, 3.05) is 13.1 Å². The predicted octanol–water partition coefficient (Wildman–Crippen LogP) is 2.64. The van der Waals surface area contributed by atoms with Crippen LogP contribution in [0.1, 0.15) is 56.7 Å². The molecule has 0 saturated carbocycles. The molecule has 22 heavy (non-hydrogen) atoms. The fourth-order valence-corrected chi connectivity index (χ4v) is 3.13. The average molecular weight is 308 g/mol. The molecule has 5 nitrogen and oxygen atoms in total. The van der Waals surface area contributed by atoms with E-state index in [1.165, 1.54) is 6.26 Å². The van der Waals surface area contributed by atoms with Crippen LogP contribution in [0.25, 0.3) is 0 Å². The van der Waals surface area contributed by atoms with Crippen molar-refractivity contribution in [1.29, 1.82) is 0 Å². The Morgan fingerprint density at radius 2 is 2.05 bits per heavy atom. The van der Waals surface area contributed by atoms with Gasteiger partial charge < -0.3 is 19.8 Å². The third kappa shape index (κ3) is 4.11. The van der Waals surface area contributed by atoms with Gasteiger partial charge in [0.25, 0.3) is 5.91 Å². The molecular weight excluding hydrogens is 280 g/mol. The second kappa shape index (κ2) is 6.42. The normalized spacial score (nSPS) is 22.7. The van der Waals surface area contributed by atoms with Crippen molar-refractivity contribution >= 4 is 5.91 Å². The fraction of sp³-hybridized carbons (Fsp3) is 0.706. The van der Waals surface area contributed by atoms with Crippen LogP contribution in [0.4, 0.5) is 0 Å². The lowest BCUT2D eigenvalue weighted by Crippen LogP contribution is -2.44. The van der Waals surface area contributed by atoms with E-state index in [2.05, 4.69) is 38.3 Å². The molecule has 1 saturated heterocycles. The Morgan fingerprint density at radius 1 is 1.32 bits per heavy atom. The maximum atomic E-state index is 11.9. The number of nitrogens with one attached hydrogen (secondary N) is 2. The molecule has 0 aromatic carbocycles. The minimum absolute atomic E-state index is 0.0772. The second-order valence-electron chi connectivity index (χ2n) is 7.22. The van der Waals surface area contributed by atoms with Gasteiger partial charge in [-0.2, -0.15) is 0 Å². The van der Waals surface area contributed by atoms with Crippen LogP contribution in [0.3, 0.4) is 0 Å². The number of hydrogen-bond acceptors (Lipinski definition) is 4. The molecule has 1 aliphatic heterocycles. The van der Waals surface area contributed by atoms with Gasteiger partial charge in [-0.25, -0.2) is 0 Å².